The number of hydrogen-bond donors (Lipinski definition) is 0. The van der Waals surface area contributed by atoms with Gasteiger partial charge in [-0.15, -0.1) is 0 Å². The fraction of sp³-hybridized carbons (Fsp3) is 0.480. The van der Waals surface area contributed by atoms with Crippen LogP contribution in [0.5, 0.6) is 0 Å². The maximum atomic E-state index is 14.3. The number of fused-ring (bicyclic) bond motifs is 1. The van der Waals surface area contributed by atoms with Crippen molar-refractivity contribution in [3.8, 4) is 0 Å². The van der Waals surface area contributed by atoms with E-state index < -0.39 is 34.6 Å². The van der Waals surface area contributed by atoms with Crippen molar-refractivity contribution in [3.63, 3.8) is 0 Å². The van der Waals surface area contributed by atoms with Gasteiger partial charge in [0.05, 0.1) is 6.61 Å². The molecule has 1 aromatic carbocycles. The van der Waals surface area contributed by atoms with Gasteiger partial charge in [0.25, 0.3) is 0 Å². The molecule has 33 heavy (non-hydrogen) atoms. The Morgan fingerprint density at radius 1 is 1.12 bits per heavy atom. The van der Waals surface area contributed by atoms with E-state index in [1.807, 2.05) is 0 Å². The van der Waals surface area contributed by atoms with E-state index in [0.29, 0.717) is 30.5 Å². The molecule has 0 bridgehead atoms. The SMILES string of the molecule is CCOC(=O)Cn1c2c(c(=O)c(C(=O)OC(C)(C)C)c1CCc1cccc(F)c1F)CCC2. The lowest BCUT2D eigenvalue weighted by Gasteiger charge is -2.24. The summed E-state index contributed by atoms with van der Waals surface area (Å²) in [7, 11) is 0. The average Bonchev–Trinajstić information content (AvgIpc) is 3.20. The zero-order chi connectivity index (χ0) is 24.3. The number of halogens is 2. The van der Waals surface area contributed by atoms with Gasteiger partial charge < -0.3 is 14.0 Å². The van der Waals surface area contributed by atoms with E-state index in [1.54, 1.807) is 32.3 Å². The summed E-state index contributed by atoms with van der Waals surface area (Å²) in [6.45, 7) is 6.76. The molecule has 0 saturated heterocycles. The number of esters is 2. The molecular weight excluding hydrogens is 432 g/mol. The molecule has 1 heterocycles. The van der Waals surface area contributed by atoms with Gasteiger partial charge in [-0.3, -0.25) is 9.59 Å². The van der Waals surface area contributed by atoms with Gasteiger partial charge in [0.1, 0.15) is 17.7 Å². The average molecular weight is 462 g/mol. The molecule has 0 unspecified atom stereocenters. The summed E-state index contributed by atoms with van der Waals surface area (Å²) in [5.41, 5.74) is 0.113. The number of carbonyl (C=O) groups is 2. The summed E-state index contributed by atoms with van der Waals surface area (Å²) in [5.74, 6) is -3.26. The summed E-state index contributed by atoms with van der Waals surface area (Å²) >= 11 is 0. The fourth-order valence-electron chi connectivity index (χ4n) is 4.17. The van der Waals surface area contributed by atoms with Gasteiger partial charge in [-0.1, -0.05) is 12.1 Å². The van der Waals surface area contributed by atoms with Crippen LogP contribution >= 0.6 is 0 Å². The summed E-state index contributed by atoms with van der Waals surface area (Å²) in [5, 5.41) is 0. The van der Waals surface area contributed by atoms with E-state index in [4.69, 9.17) is 9.47 Å². The first kappa shape index (κ1) is 24.6. The van der Waals surface area contributed by atoms with Crippen molar-refractivity contribution in [1.29, 1.82) is 0 Å². The maximum absolute atomic E-state index is 14.3. The van der Waals surface area contributed by atoms with Crippen molar-refractivity contribution in [3.05, 3.63) is 68.1 Å². The van der Waals surface area contributed by atoms with Crippen molar-refractivity contribution in [2.45, 2.75) is 71.9 Å². The van der Waals surface area contributed by atoms with Crippen LogP contribution in [0.25, 0.3) is 0 Å². The van der Waals surface area contributed by atoms with E-state index in [-0.39, 0.29) is 42.8 Å². The lowest BCUT2D eigenvalue weighted by Crippen LogP contribution is -2.34. The number of hydrogen-bond acceptors (Lipinski definition) is 5. The van der Waals surface area contributed by atoms with Gasteiger partial charge >= 0.3 is 11.9 Å². The minimum Gasteiger partial charge on any atom is -0.465 e. The molecule has 0 radical (unpaired) electrons. The molecule has 1 aliphatic rings. The highest BCUT2D eigenvalue weighted by Crippen LogP contribution is 2.26. The minimum absolute atomic E-state index is 0.0282. The summed E-state index contributed by atoms with van der Waals surface area (Å²) in [4.78, 5) is 38.8. The molecule has 0 amide bonds. The Morgan fingerprint density at radius 3 is 2.52 bits per heavy atom. The lowest BCUT2D eigenvalue weighted by molar-refractivity contribution is -0.143. The Hall–Kier alpha value is -3.03. The normalized spacial score (nSPS) is 13.0. The fourth-order valence-corrected chi connectivity index (χ4v) is 4.17. The lowest BCUT2D eigenvalue weighted by atomic mass is 10.00. The van der Waals surface area contributed by atoms with Crippen molar-refractivity contribution >= 4 is 11.9 Å². The zero-order valence-electron chi connectivity index (χ0n) is 19.4. The highest BCUT2D eigenvalue weighted by atomic mass is 19.2. The highest BCUT2D eigenvalue weighted by molar-refractivity contribution is 5.91. The van der Waals surface area contributed by atoms with E-state index in [1.165, 1.54) is 12.1 Å². The van der Waals surface area contributed by atoms with Gasteiger partial charge in [0.2, 0.25) is 0 Å². The molecule has 1 aromatic heterocycles. The van der Waals surface area contributed by atoms with Crippen LogP contribution in [0.3, 0.4) is 0 Å². The molecule has 3 rings (SSSR count). The molecular formula is C25H29F2NO5. The van der Waals surface area contributed by atoms with Crippen LogP contribution in [0.15, 0.2) is 23.0 Å². The van der Waals surface area contributed by atoms with Crippen LogP contribution in [-0.2, 0) is 46.5 Å². The molecule has 0 N–H and O–H groups in total. The number of carbonyl (C=O) groups excluding carboxylic acids is 2. The van der Waals surface area contributed by atoms with Gasteiger partial charge in [-0.05, 0) is 71.4 Å². The third kappa shape index (κ3) is 5.49. The molecule has 178 valence electrons. The largest absolute Gasteiger partial charge is 0.465 e. The standard InChI is InChI=1S/C25H29F2NO5/c1-5-32-20(29)14-28-18-11-7-9-16(18)23(30)21(24(31)33-25(2,3)4)19(28)13-12-15-8-6-10-17(26)22(15)27/h6,8,10H,5,7,9,11-14H2,1-4H3. The van der Waals surface area contributed by atoms with Crippen LogP contribution in [0.2, 0.25) is 0 Å². The van der Waals surface area contributed by atoms with Gasteiger partial charge in [-0.25, -0.2) is 13.6 Å². The number of benzene rings is 1. The van der Waals surface area contributed by atoms with Crippen LogP contribution in [0, 0.1) is 11.6 Å². The van der Waals surface area contributed by atoms with Crippen molar-refractivity contribution < 1.29 is 27.8 Å². The van der Waals surface area contributed by atoms with Crippen molar-refractivity contribution in [2.75, 3.05) is 6.61 Å². The van der Waals surface area contributed by atoms with Crippen LogP contribution in [0.4, 0.5) is 8.78 Å². The minimum atomic E-state index is -0.975. The van der Waals surface area contributed by atoms with E-state index >= 15 is 0 Å². The van der Waals surface area contributed by atoms with Crippen LogP contribution < -0.4 is 5.43 Å². The number of aryl methyl sites for hydroxylation is 1. The third-order valence-corrected chi connectivity index (χ3v) is 5.49. The second-order valence-corrected chi connectivity index (χ2v) is 9.04. The zero-order valence-corrected chi connectivity index (χ0v) is 19.4. The first-order valence-electron chi connectivity index (χ1n) is 11.1. The predicted octanol–water partition coefficient (Wildman–Crippen LogP) is 3.92. The Morgan fingerprint density at radius 2 is 1.85 bits per heavy atom. The molecule has 0 atom stereocenters. The first-order valence-corrected chi connectivity index (χ1v) is 11.1. The Bertz CT molecular complexity index is 1130. The van der Waals surface area contributed by atoms with E-state index in [0.717, 1.165) is 6.07 Å². The van der Waals surface area contributed by atoms with Gasteiger partial charge in [-0.2, -0.15) is 0 Å². The molecule has 1 aliphatic carbocycles. The van der Waals surface area contributed by atoms with Crippen LogP contribution in [0.1, 0.15) is 67.0 Å². The highest BCUT2D eigenvalue weighted by Gasteiger charge is 2.31. The molecule has 2 aromatic rings. The molecule has 0 spiro atoms. The first-order chi connectivity index (χ1) is 15.5. The molecule has 8 heteroatoms. The summed E-state index contributed by atoms with van der Waals surface area (Å²) < 4.78 is 40.2. The molecule has 0 aliphatic heterocycles. The van der Waals surface area contributed by atoms with E-state index in [9.17, 15) is 23.2 Å². The Labute approximate surface area is 191 Å². The Balaban J connectivity index is 2.16. The predicted molar refractivity (Wildman–Crippen MR) is 118 cm³/mol. The smallest absolute Gasteiger partial charge is 0.344 e. The van der Waals surface area contributed by atoms with Crippen LogP contribution in [-0.4, -0.2) is 28.7 Å². The third-order valence-electron chi connectivity index (χ3n) is 5.49. The second-order valence-electron chi connectivity index (χ2n) is 9.04. The topological polar surface area (TPSA) is 74.6 Å². The van der Waals surface area contributed by atoms with Crippen molar-refractivity contribution in [1.82, 2.24) is 4.57 Å². The van der Waals surface area contributed by atoms with Gasteiger partial charge in [0.15, 0.2) is 17.1 Å². The molecule has 0 fully saturated rings. The number of aromatic nitrogens is 1. The monoisotopic (exact) mass is 461 g/mol. The second kappa shape index (κ2) is 9.85. The quantitative estimate of drug-likeness (QED) is 0.585. The Kier molecular flexibility index (Phi) is 7.34. The number of pyridine rings is 1. The number of ether oxygens (including phenoxy) is 2. The molecule has 0 saturated carbocycles. The summed E-state index contributed by atoms with van der Waals surface area (Å²) in [6.07, 6.45) is 1.84. The van der Waals surface area contributed by atoms with Gasteiger partial charge in [0, 0.05) is 17.0 Å². The number of nitrogens with zero attached hydrogens (tertiary/aromatic N) is 1. The van der Waals surface area contributed by atoms with E-state index in [2.05, 4.69) is 0 Å². The molecule has 6 nitrogen and oxygen atoms in total. The van der Waals surface area contributed by atoms with Crippen molar-refractivity contribution in [2.24, 2.45) is 0 Å². The number of rotatable bonds is 7. The maximum Gasteiger partial charge on any atom is 0.344 e. The summed E-state index contributed by atoms with van der Waals surface area (Å²) in [6, 6.07) is 3.88.